The van der Waals surface area contributed by atoms with Gasteiger partial charge in [0.05, 0.1) is 28.5 Å². The molecule has 1 amide bonds. The van der Waals surface area contributed by atoms with Gasteiger partial charge in [-0.15, -0.1) is 0 Å². The molecule has 4 rings (SSSR count). The van der Waals surface area contributed by atoms with Crippen molar-refractivity contribution in [2.24, 2.45) is 0 Å². The number of amides is 1. The first-order valence-corrected chi connectivity index (χ1v) is 13.3. The number of aromatic nitrogens is 4. The first-order valence-electron chi connectivity index (χ1n) is 11.0. The van der Waals surface area contributed by atoms with Crippen molar-refractivity contribution in [1.29, 1.82) is 0 Å². The van der Waals surface area contributed by atoms with E-state index in [2.05, 4.69) is 20.1 Å². The quantitative estimate of drug-likeness (QED) is 0.282. The number of carbonyl (C=O) groups is 1. The number of hydrogen-bond acceptors (Lipinski definition) is 9. The van der Waals surface area contributed by atoms with Gasteiger partial charge in [-0.1, -0.05) is 23.2 Å². The number of nitrogens with one attached hydrogen (secondary N) is 3. The van der Waals surface area contributed by atoms with Crippen LogP contribution in [0.4, 0.5) is 8.78 Å². The Morgan fingerprint density at radius 3 is 2.49 bits per heavy atom. The highest BCUT2D eigenvalue weighted by atomic mass is 35.5. The Morgan fingerprint density at radius 2 is 1.90 bits per heavy atom. The zero-order valence-electron chi connectivity index (χ0n) is 19.5. The molecule has 39 heavy (non-hydrogen) atoms. The molecular formula is C21H18Cl2F2N6O7S. The van der Waals surface area contributed by atoms with E-state index in [-0.39, 0.29) is 33.4 Å². The molecule has 1 aliphatic carbocycles. The van der Waals surface area contributed by atoms with Gasteiger partial charge in [0.25, 0.3) is 12.0 Å². The molecule has 18 heteroatoms. The van der Waals surface area contributed by atoms with E-state index in [0.717, 1.165) is 43.7 Å². The molecule has 0 unspecified atom stereocenters. The van der Waals surface area contributed by atoms with Crippen LogP contribution in [0.3, 0.4) is 0 Å². The lowest BCUT2D eigenvalue weighted by molar-refractivity contribution is -0.121. The number of aromatic hydroxyl groups is 1. The molecule has 0 saturated heterocycles. The predicted octanol–water partition coefficient (Wildman–Crippen LogP) is 2.01. The van der Waals surface area contributed by atoms with Gasteiger partial charge in [0, 0.05) is 12.1 Å². The molecule has 1 fully saturated rings. The fourth-order valence-electron chi connectivity index (χ4n) is 3.35. The summed E-state index contributed by atoms with van der Waals surface area (Å²) in [6, 6.07) is 2.98. The number of benzene rings is 1. The fourth-order valence-corrected chi connectivity index (χ4v) is 4.97. The number of sulfonamides is 1. The Morgan fingerprint density at radius 1 is 1.23 bits per heavy atom. The molecule has 2 heterocycles. The van der Waals surface area contributed by atoms with Gasteiger partial charge < -0.3 is 15.2 Å². The molecule has 13 nitrogen and oxygen atoms in total. The van der Waals surface area contributed by atoms with Crippen LogP contribution < -0.4 is 26.0 Å². The minimum Gasteiger partial charge on any atom is -0.505 e. The van der Waals surface area contributed by atoms with Gasteiger partial charge in [0.2, 0.25) is 21.8 Å². The number of hydrogen-bond donors (Lipinski definition) is 4. The number of ether oxygens (including phenoxy) is 1. The highest BCUT2D eigenvalue weighted by Gasteiger charge is 2.25. The molecule has 0 bridgehead atoms. The third-order valence-electron chi connectivity index (χ3n) is 5.50. The average molecular weight is 607 g/mol. The molecular weight excluding hydrogens is 589 g/mol. The maximum atomic E-state index is 13.1. The third-order valence-corrected chi connectivity index (χ3v) is 7.49. The van der Waals surface area contributed by atoms with Crippen LogP contribution in [0.25, 0.3) is 5.69 Å². The highest BCUT2D eigenvalue weighted by molar-refractivity contribution is 7.89. The number of pyridine rings is 1. The van der Waals surface area contributed by atoms with Crippen LogP contribution in [0, 0.1) is 0 Å². The van der Waals surface area contributed by atoms with E-state index in [1.54, 1.807) is 4.98 Å². The Bertz CT molecular complexity index is 1640. The SMILES string of the molecule is O=C(CNS(=O)(=O)c1cc(Oc2c(Cl)cc(-n3nc(C(F)F)c(=O)[nH]c3=O)cc2Cl)ncc1O)NC1CCC1. The largest absolute Gasteiger partial charge is 0.505 e. The molecule has 3 aromatic rings. The zero-order chi connectivity index (χ0) is 28.5. The Kier molecular flexibility index (Phi) is 8.20. The predicted molar refractivity (Wildman–Crippen MR) is 132 cm³/mol. The Balaban J connectivity index is 1.58. The van der Waals surface area contributed by atoms with E-state index >= 15 is 0 Å². The number of carbonyl (C=O) groups excluding carboxylic acids is 1. The number of halogens is 4. The standard InChI is InChI=1S/C21H18Cl2F2N6O7S/c22-11-4-10(31-21(35)29-20(34)17(30-31)19(24)25)5-12(23)18(11)38-16-6-14(13(32)7-26-16)39(36,37)27-8-15(33)28-9-2-1-3-9/h4-7,9,19,27,32H,1-3,8H2,(H,28,33)(H,29,34,35). The van der Waals surface area contributed by atoms with Crippen LogP contribution in [0.1, 0.15) is 31.4 Å². The molecule has 2 aromatic heterocycles. The summed E-state index contributed by atoms with van der Waals surface area (Å²) in [5, 5.41) is 15.5. The van der Waals surface area contributed by atoms with Crippen molar-refractivity contribution < 1.29 is 31.8 Å². The summed E-state index contributed by atoms with van der Waals surface area (Å²) >= 11 is 12.4. The molecule has 0 aliphatic heterocycles. The summed E-state index contributed by atoms with van der Waals surface area (Å²) in [6.07, 6.45) is 0.108. The van der Waals surface area contributed by atoms with E-state index in [0.29, 0.717) is 4.68 Å². The van der Waals surface area contributed by atoms with Crippen molar-refractivity contribution in [2.45, 2.75) is 36.6 Å². The molecule has 1 aliphatic rings. The van der Waals surface area contributed by atoms with Crippen LogP contribution in [0.15, 0.2) is 38.9 Å². The lowest BCUT2D eigenvalue weighted by atomic mass is 9.93. The van der Waals surface area contributed by atoms with Crippen molar-refractivity contribution in [2.75, 3.05) is 6.54 Å². The van der Waals surface area contributed by atoms with E-state index in [1.165, 1.54) is 0 Å². The summed E-state index contributed by atoms with van der Waals surface area (Å²) in [5.41, 5.74) is -3.92. The van der Waals surface area contributed by atoms with Crippen molar-refractivity contribution in [3.8, 4) is 23.1 Å². The minimum atomic E-state index is -4.39. The average Bonchev–Trinajstić information content (AvgIpc) is 2.83. The van der Waals surface area contributed by atoms with Gasteiger partial charge in [0.1, 0.15) is 4.90 Å². The van der Waals surface area contributed by atoms with Crippen molar-refractivity contribution in [1.82, 2.24) is 29.8 Å². The first kappa shape index (κ1) is 28.4. The Labute approximate surface area is 227 Å². The third kappa shape index (κ3) is 6.35. The van der Waals surface area contributed by atoms with Crippen molar-refractivity contribution in [3.05, 3.63) is 61.0 Å². The summed E-state index contributed by atoms with van der Waals surface area (Å²) in [7, 11) is -4.39. The minimum absolute atomic E-state index is 0.00201. The zero-order valence-corrected chi connectivity index (χ0v) is 21.8. The summed E-state index contributed by atoms with van der Waals surface area (Å²) in [6.45, 7) is -0.568. The molecule has 0 radical (unpaired) electrons. The van der Waals surface area contributed by atoms with E-state index in [4.69, 9.17) is 27.9 Å². The van der Waals surface area contributed by atoms with Crippen LogP contribution >= 0.6 is 23.2 Å². The number of nitrogens with zero attached hydrogens (tertiary/aromatic N) is 3. The number of rotatable bonds is 9. The lowest BCUT2D eigenvalue weighted by Gasteiger charge is -2.26. The maximum Gasteiger partial charge on any atom is 0.349 e. The molecule has 208 valence electrons. The molecule has 4 N–H and O–H groups in total. The van der Waals surface area contributed by atoms with E-state index in [1.807, 2.05) is 0 Å². The number of aromatic amines is 1. The smallest absolute Gasteiger partial charge is 0.349 e. The van der Waals surface area contributed by atoms with Crippen LogP contribution in [0.5, 0.6) is 17.4 Å². The second-order valence-electron chi connectivity index (χ2n) is 8.21. The topological polar surface area (TPSA) is 185 Å². The van der Waals surface area contributed by atoms with Gasteiger partial charge in [-0.3, -0.25) is 14.6 Å². The van der Waals surface area contributed by atoms with Gasteiger partial charge in [-0.05, 0) is 31.4 Å². The van der Waals surface area contributed by atoms with E-state index < -0.39 is 56.5 Å². The summed E-state index contributed by atoms with van der Waals surface area (Å²) in [5.74, 6) is -1.94. The maximum absolute atomic E-state index is 13.1. The normalized spacial score (nSPS) is 13.8. The lowest BCUT2D eigenvalue weighted by Crippen LogP contribution is -2.44. The van der Waals surface area contributed by atoms with Gasteiger partial charge in [-0.2, -0.15) is 9.78 Å². The Hall–Kier alpha value is -3.60. The van der Waals surface area contributed by atoms with E-state index in [9.17, 15) is 36.7 Å². The fraction of sp³-hybridized carbons (Fsp3) is 0.286. The second-order valence-corrected chi connectivity index (χ2v) is 10.8. The number of alkyl halides is 2. The van der Waals surface area contributed by atoms with Gasteiger partial charge >= 0.3 is 5.69 Å². The second kappa shape index (κ2) is 11.3. The first-order chi connectivity index (χ1) is 18.4. The van der Waals surface area contributed by atoms with Crippen molar-refractivity contribution >= 4 is 39.1 Å². The molecule has 0 spiro atoms. The summed E-state index contributed by atoms with van der Waals surface area (Å²) in [4.78, 5) is 40.4. The van der Waals surface area contributed by atoms with Crippen LogP contribution in [-0.4, -0.2) is 51.8 Å². The highest BCUT2D eigenvalue weighted by Crippen LogP contribution is 2.38. The van der Waals surface area contributed by atoms with Crippen molar-refractivity contribution in [3.63, 3.8) is 0 Å². The van der Waals surface area contributed by atoms with Crippen LogP contribution in [-0.2, 0) is 14.8 Å². The number of H-pyrrole nitrogens is 1. The van der Waals surface area contributed by atoms with Gasteiger partial charge in [0.15, 0.2) is 17.2 Å². The monoisotopic (exact) mass is 606 g/mol. The molecule has 0 atom stereocenters. The van der Waals surface area contributed by atoms with Crippen LogP contribution in [0.2, 0.25) is 10.0 Å². The molecule has 1 saturated carbocycles. The molecule has 1 aromatic carbocycles. The summed E-state index contributed by atoms with van der Waals surface area (Å²) < 4.78 is 59.5. The van der Waals surface area contributed by atoms with Gasteiger partial charge in [-0.25, -0.2) is 31.7 Å².